The minimum Gasteiger partial charge on any atom is -0.490 e. The second kappa shape index (κ2) is 6.24. The molecule has 1 fully saturated rings. The Morgan fingerprint density at radius 2 is 1.83 bits per heavy atom. The molecule has 2 aliphatic rings. The lowest BCUT2D eigenvalue weighted by molar-refractivity contribution is -0.139. The van der Waals surface area contributed by atoms with Gasteiger partial charge >= 0.3 is 0 Å². The number of imide groups is 1. The number of ether oxygens (including phenoxy) is 2. The lowest BCUT2D eigenvalue weighted by atomic mass is 10.1. The number of benzene rings is 1. The van der Waals surface area contributed by atoms with Gasteiger partial charge in [-0.15, -0.1) is 11.3 Å². The predicted molar refractivity (Wildman–Crippen MR) is 87.9 cm³/mol. The molecule has 0 N–H and O–H groups in total. The number of amides is 2. The molecule has 1 aromatic heterocycles. The summed E-state index contributed by atoms with van der Waals surface area (Å²) in [6.07, 6.45) is 1.47. The number of thiazole rings is 1. The van der Waals surface area contributed by atoms with Crippen LogP contribution in [-0.2, 0) is 16.1 Å². The Morgan fingerprint density at radius 3 is 2.62 bits per heavy atom. The molecular formula is C17H16N2O4S. The van der Waals surface area contributed by atoms with Gasteiger partial charge in [0.05, 0.1) is 25.5 Å². The van der Waals surface area contributed by atoms with E-state index in [2.05, 4.69) is 4.98 Å². The summed E-state index contributed by atoms with van der Waals surface area (Å²) >= 11 is 1.45. The van der Waals surface area contributed by atoms with E-state index in [9.17, 15) is 9.59 Å². The molecule has 0 unspecified atom stereocenters. The Kier molecular flexibility index (Phi) is 3.93. The van der Waals surface area contributed by atoms with Crippen molar-refractivity contribution in [3.63, 3.8) is 0 Å². The van der Waals surface area contributed by atoms with E-state index in [1.54, 1.807) is 0 Å². The maximum Gasteiger partial charge on any atom is 0.230 e. The summed E-state index contributed by atoms with van der Waals surface area (Å²) in [4.78, 5) is 29.3. The smallest absolute Gasteiger partial charge is 0.230 e. The van der Waals surface area contributed by atoms with Crippen LogP contribution in [0.2, 0.25) is 0 Å². The number of aromatic nitrogens is 1. The van der Waals surface area contributed by atoms with Crippen LogP contribution in [0, 0.1) is 0 Å². The Hall–Kier alpha value is -2.41. The highest BCUT2D eigenvalue weighted by molar-refractivity contribution is 7.09. The van der Waals surface area contributed by atoms with Gasteiger partial charge in [-0.25, -0.2) is 4.98 Å². The van der Waals surface area contributed by atoms with Crippen LogP contribution in [0.3, 0.4) is 0 Å². The third-order valence-electron chi connectivity index (χ3n) is 4.04. The quantitative estimate of drug-likeness (QED) is 0.801. The zero-order chi connectivity index (χ0) is 16.5. The van der Waals surface area contributed by atoms with Crippen LogP contribution in [0.4, 0.5) is 0 Å². The number of nitrogens with zero attached hydrogens (tertiary/aromatic N) is 2. The molecule has 4 rings (SSSR count). The second-order valence-electron chi connectivity index (χ2n) is 5.71. The van der Waals surface area contributed by atoms with E-state index in [0.717, 1.165) is 34.2 Å². The normalized spacial score (nSPS) is 17.2. The fraction of sp³-hybridized carbons (Fsp3) is 0.353. The first kappa shape index (κ1) is 15.1. The van der Waals surface area contributed by atoms with Crippen molar-refractivity contribution in [2.75, 3.05) is 13.2 Å². The highest BCUT2D eigenvalue weighted by atomic mass is 32.1. The van der Waals surface area contributed by atoms with E-state index in [1.165, 1.54) is 16.2 Å². The zero-order valence-electron chi connectivity index (χ0n) is 13.0. The molecule has 1 aromatic carbocycles. The van der Waals surface area contributed by atoms with Gasteiger partial charge in [-0.05, 0) is 18.2 Å². The van der Waals surface area contributed by atoms with Gasteiger partial charge in [0.2, 0.25) is 11.8 Å². The number of carbonyl (C=O) groups excluding carboxylic acids is 2. The summed E-state index contributed by atoms with van der Waals surface area (Å²) in [6, 6.07) is 5.76. The van der Waals surface area contributed by atoms with Crippen molar-refractivity contribution in [2.45, 2.75) is 25.8 Å². The number of carbonyl (C=O) groups is 2. The molecule has 0 radical (unpaired) electrons. The van der Waals surface area contributed by atoms with Gasteiger partial charge in [0.25, 0.3) is 0 Å². The Morgan fingerprint density at radius 1 is 1.08 bits per heavy atom. The molecular weight excluding hydrogens is 328 g/mol. The molecule has 124 valence electrons. The van der Waals surface area contributed by atoms with Crippen molar-refractivity contribution >= 4 is 23.2 Å². The third kappa shape index (κ3) is 2.87. The van der Waals surface area contributed by atoms with Crippen molar-refractivity contribution in [3.8, 4) is 22.8 Å². The van der Waals surface area contributed by atoms with Crippen molar-refractivity contribution in [1.82, 2.24) is 9.88 Å². The van der Waals surface area contributed by atoms with Crippen LogP contribution in [0.5, 0.6) is 11.5 Å². The monoisotopic (exact) mass is 344 g/mol. The molecule has 0 atom stereocenters. The van der Waals surface area contributed by atoms with Crippen molar-refractivity contribution in [2.24, 2.45) is 0 Å². The summed E-state index contributed by atoms with van der Waals surface area (Å²) in [6.45, 7) is 1.55. The predicted octanol–water partition coefficient (Wildman–Crippen LogP) is 2.62. The number of hydrogen-bond acceptors (Lipinski definition) is 6. The summed E-state index contributed by atoms with van der Waals surface area (Å²) in [7, 11) is 0. The number of fused-ring (bicyclic) bond motifs is 1. The molecule has 2 aliphatic heterocycles. The summed E-state index contributed by atoms with van der Waals surface area (Å²) in [5.41, 5.74) is 1.74. The van der Waals surface area contributed by atoms with Gasteiger partial charge in [0.1, 0.15) is 5.01 Å². The summed E-state index contributed by atoms with van der Waals surface area (Å²) < 4.78 is 11.3. The van der Waals surface area contributed by atoms with E-state index >= 15 is 0 Å². The van der Waals surface area contributed by atoms with Crippen LogP contribution in [0.25, 0.3) is 11.3 Å². The van der Waals surface area contributed by atoms with E-state index < -0.39 is 0 Å². The molecule has 2 aromatic rings. The molecule has 0 aliphatic carbocycles. The molecule has 3 heterocycles. The van der Waals surface area contributed by atoms with E-state index in [1.807, 2.05) is 23.6 Å². The summed E-state index contributed by atoms with van der Waals surface area (Å²) in [5.74, 6) is 1.24. The molecule has 24 heavy (non-hydrogen) atoms. The van der Waals surface area contributed by atoms with Crippen LogP contribution in [0.1, 0.15) is 24.3 Å². The van der Waals surface area contributed by atoms with Gasteiger partial charge < -0.3 is 9.47 Å². The Bertz CT molecular complexity index is 786. The van der Waals surface area contributed by atoms with Gasteiger partial charge in [-0.2, -0.15) is 0 Å². The number of hydrogen-bond donors (Lipinski definition) is 0. The average Bonchev–Trinajstić information content (AvgIpc) is 3.09. The first-order valence-corrected chi connectivity index (χ1v) is 8.76. The van der Waals surface area contributed by atoms with E-state index in [0.29, 0.717) is 26.1 Å². The summed E-state index contributed by atoms with van der Waals surface area (Å²) in [5, 5.41) is 2.68. The van der Waals surface area contributed by atoms with Crippen molar-refractivity contribution in [3.05, 3.63) is 28.6 Å². The van der Waals surface area contributed by atoms with Gasteiger partial charge in [0, 0.05) is 30.2 Å². The lowest BCUT2D eigenvalue weighted by Gasteiger charge is -2.11. The molecule has 6 nitrogen and oxygen atoms in total. The highest BCUT2D eigenvalue weighted by Gasteiger charge is 2.29. The number of rotatable bonds is 3. The average molecular weight is 344 g/mol. The SMILES string of the molecule is O=C1CCC(=O)N1Cc1nc(-c2ccc3c(c2)OCCCO3)cs1. The first-order chi connectivity index (χ1) is 11.7. The second-order valence-corrected chi connectivity index (χ2v) is 6.65. The van der Waals surface area contributed by atoms with Gasteiger partial charge in [-0.1, -0.05) is 0 Å². The molecule has 0 saturated carbocycles. The van der Waals surface area contributed by atoms with E-state index in [-0.39, 0.29) is 18.4 Å². The van der Waals surface area contributed by atoms with Gasteiger partial charge in [0.15, 0.2) is 11.5 Å². The fourth-order valence-electron chi connectivity index (χ4n) is 2.77. The van der Waals surface area contributed by atoms with Crippen LogP contribution in [-0.4, -0.2) is 34.9 Å². The lowest BCUT2D eigenvalue weighted by Crippen LogP contribution is -2.28. The standard InChI is InChI=1S/C17H16N2O4S/c20-16-4-5-17(21)19(16)9-15-18-12(10-24-15)11-2-3-13-14(8-11)23-7-1-6-22-13/h2-3,8,10H,1,4-7,9H2. The van der Waals surface area contributed by atoms with Crippen molar-refractivity contribution < 1.29 is 19.1 Å². The largest absolute Gasteiger partial charge is 0.490 e. The minimum absolute atomic E-state index is 0.118. The van der Waals surface area contributed by atoms with Gasteiger partial charge in [-0.3, -0.25) is 14.5 Å². The maximum absolute atomic E-state index is 11.7. The molecule has 7 heteroatoms. The van der Waals surface area contributed by atoms with Crippen LogP contribution >= 0.6 is 11.3 Å². The molecule has 0 spiro atoms. The highest BCUT2D eigenvalue weighted by Crippen LogP contribution is 2.34. The molecule has 0 bridgehead atoms. The molecule has 1 saturated heterocycles. The van der Waals surface area contributed by atoms with E-state index in [4.69, 9.17) is 9.47 Å². The minimum atomic E-state index is -0.118. The van der Waals surface area contributed by atoms with Crippen LogP contribution in [0.15, 0.2) is 23.6 Å². The fourth-order valence-corrected chi connectivity index (χ4v) is 3.56. The number of likely N-dealkylation sites (tertiary alicyclic amines) is 1. The van der Waals surface area contributed by atoms with Crippen LogP contribution < -0.4 is 9.47 Å². The maximum atomic E-state index is 11.7. The third-order valence-corrected chi connectivity index (χ3v) is 4.88. The topological polar surface area (TPSA) is 68.7 Å². The first-order valence-electron chi connectivity index (χ1n) is 7.88. The van der Waals surface area contributed by atoms with Crippen molar-refractivity contribution in [1.29, 1.82) is 0 Å². The molecule has 2 amide bonds. The Labute approximate surface area is 143 Å². The Balaban J connectivity index is 1.55. The zero-order valence-corrected chi connectivity index (χ0v) is 13.8.